The van der Waals surface area contributed by atoms with E-state index in [4.69, 9.17) is 5.73 Å². The van der Waals surface area contributed by atoms with Crippen molar-refractivity contribution in [3.05, 3.63) is 5.82 Å². The van der Waals surface area contributed by atoms with Crippen molar-refractivity contribution >= 4 is 0 Å². The zero-order valence-electron chi connectivity index (χ0n) is 6.09. The summed E-state index contributed by atoms with van der Waals surface area (Å²) in [7, 11) is 0. The highest BCUT2D eigenvalue weighted by atomic mass is 19.3. The molecule has 5 nitrogen and oxygen atoms in total. The second-order valence-electron chi connectivity index (χ2n) is 2.90. The summed E-state index contributed by atoms with van der Waals surface area (Å²) in [5, 5.41) is 12.4. The Kier molecular flexibility index (Phi) is 1.24. The molecular formula is C5H7F2N5. The zero-order chi connectivity index (χ0) is 8.82. The lowest BCUT2D eigenvalue weighted by atomic mass is 10.1. The van der Waals surface area contributed by atoms with E-state index in [1.807, 2.05) is 0 Å². The number of rotatable bonds is 2. The fraction of sp³-hybridized carbons (Fsp3) is 0.800. The normalized spacial score (nSPS) is 31.9. The van der Waals surface area contributed by atoms with E-state index in [1.54, 1.807) is 0 Å². The summed E-state index contributed by atoms with van der Waals surface area (Å²) in [4.78, 5) is 0. The highest BCUT2D eigenvalue weighted by Gasteiger charge is 2.73. The molecule has 0 radical (unpaired) electrons. The van der Waals surface area contributed by atoms with Gasteiger partial charge in [-0.25, -0.2) is 8.78 Å². The molecule has 0 aromatic carbocycles. The number of tetrazole rings is 1. The molecule has 7 heteroatoms. The largest absolute Gasteiger partial charge is 0.329 e. The molecule has 0 amide bonds. The average Bonchev–Trinajstić information content (AvgIpc) is 2.52. The van der Waals surface area contributed by atoms with Crippen LogP contribution in [0, 0.1) is 0 Å². The number of halogens is 2. The Morgan fingerprint density at radius 2 is 2.25 bits per heavy atom. The molecule has 0 spiro atoms. The maximum absolute atomic E-state index is 12.8. The molecule has 1 atom stereocenters. The highest BCUT2D eigenvalue weighted by molar-refractivity contribution is 5.27. The molecule has 66 valence electrons. The van der Waals surface area contributed by atoms with Crippen LogP contribution in [0.25, 0.3) is 0 Å². The Morgan fingerprint density at radius 3 is 2.58 bits per heavy atom. The van der Waals surface area contributed by atoms with Crippen molar-refractivity contribution in [2.24, 2.45) is 5.73 Å². The van der Waals surface area contributed by atoms with Gasteiger partial charge in [-0.3, -0.25) is 0 Å². The van der Waals surface area contributed by atoms with Gasteiger partial charge in [0.1, 0.15) is 5.41 Å². The molecule has 2 rings (SSSR count). The van der Waals surface area contributed by atoms with Crippen LogP contribution >= 0.6 is 0 Å². The molecule has 1 unspecified atom stereocenters. The summed E-state index contributed by atoms with van der Waals surface area (Å²) < 4.78 is 25.6. The second-order valence-corrected chi connectivity index (χ2v) is 2.90. The molecule has 0 aliphatic heterocycles. The zero-order valence-corrected chi connectivity index (χ0v) is 6.09. The van der Waals surface area contributed by atoms with Gasteiger partial charge in [-0.15, -0.1) is 10.2 Å². The lowest BCUT2D eigenvalue weighted by molar-refractivity contribution is 0.0875. The molecule has 1 aromatic rings. The van der Waals surface area contributed by atoms with Gasteiger partial charge in [0.05, 0.1) is 0 Å². The van der Waals surface area contributed by atoms with Gasteiger partial charge in [0.2, 0.25) is 0 Å². The molecule has 3 N–H and O–H groups in total. The molecule has 1 heterocycles. The summed E-state index contributed by atoms with van der Waals surface area (Å²) in [6.07, 6.45) is -0.282. The minimum atomic E-state index is -2.77. The molecule has 1 aromatic heterocycles. The second kappa shape index (κ2) is 1.98. The number of nitrogens with one attached hydrogen (secondary N) is 1. The topological polar surface area (TPSA) is 80.5 Å². The van der Waals surface area contributed by atoms with Crippen molar-refractivity contribution in [1.82, 2.24) is 20.6 Å². The quantitative estimate of drug-likeness (QED) is 0.631. The summed E-state index contributed by atoms with van der Waals surface area (Å²) in [5.74, 6) is -2.76. The van der Waals surface area contributed by atoms with Crippen LogP contribution < -0.4 is 5.73 Å². The van der Waals surface area contributed by atoms with Gasteiger partial charge in [0.25, 0.3) is 5.92 Å². The van der Waals surface area contributed by atoms with Crippen LogP contribution in [-0.2, 0) is 5.41 Å². The number of aromatic amines is 1. The maximum atomic E-state index is 12.8. The minimum Gasteiger partial charge on any atom is -0.329 e. The third-order valence-corrected chi connectivity index (χ3v) is 2.22. The molecule has 0 bridgehead atoms. The number of H-pyrrole nitrogens is 1. The van der Waals surface area contributed by atoms with E-state index >= 15 is 0 Å². The van der Waals surface area contributed by atoms with E-state index in [2.05, 4.69) is 20.6 Å². The summed E-state index contributed by atoms with van der Waals surface area (Å²) >= 11 is 0. The van der Waals surface area contributed by atoms with E-state index < -0.39 is 11.3 Å². The summed E-state index contributed by atoms with van der Waals surface area (Å²) in [6.45, 7) is -0.153. The standard InChI is InChI=1S/C5H7F2N5/c6-5(7)1-4(5,2-8)3-9-11-12-10-3/h1-2,8H2,(H,9,10,11,12). The molecule has 1 aliphatic carbocycles. The Bertz CT molecular complexity index is 284. The smallest absolute Gasteiger partial charge is 0.263 e. The van der Waals surface area contributed by atoms with Crippen molar-refractivity contribution in [2.75, 3.05) is 6.54 Å². The number of nitrogens with two attached hydrogens (primary N) is 1. The Balaban J connectivity index is 2.34. The Morgan fingerprint density at radius 1 is 1.58 bits per heavy atom. The van der Waals surface area contributed by atoms with Gasteiger partial charge in [-0.05, 0) is 0 Å². The minimum absolute atomic E-state index is 0.00926. The molecule has 1 aliphatic rings. The molecule has 0 saturated heterocycles. The van der Waals surface area contributed by atoms with E-state index in [0.29, 0.717) is 0 Å². The van der Waals surface area contributed by atoms with Crippen molar-refractivity contribution in [3.8, 4) is 0 Å². The van der Waals surface area contributed by atoms with E-state index in [1.165, 1.54) is 0 Å². The number of alkyl halides is 2. The Labute approximate surface area is 66.3 Å². The predicted molar refractivity (Wildman–Crippen MR) is 34.5 cm³/mol. The number of aromatic nitrogens is 4. The first-order chi connectivity index (χ1) is 5.62. The van der Waals surface area contributed by atoms with Crippen molar-refractivity contribution < 1.29 is 8.78 Å². The summed E-state index contributed by atoms with van der Waals surface area (Å²) in [6, 6.07) is 0. The maximum Gasteiger partial charge on any atom is 0.263 e. The predicted octanol–water partition coefficient (Wildman–Crippen LogP) is -0.565. The van der Waals surface area contributed by atoms with E-state index in [9.17, 15) is 8.78 Å². The number of hydrogen-bond acceptors (Lipinski definition) is 4. The third kappa shape index (κ3) is 0.711. The third-order valence-electron chi connectivity index (χ3n) is 2.22. The number of nitrogens with zero attached hydrogens (tertiary/aromatic N) is 3. The first-order valence-electron chi connectivity index (χ1n) is 3.44. The summed E-state index contributed by atoms with van der Waals surface area (Å²) in [5.41, 5.74) is 3.87. The molecular weight excluding hydrogens is 168 g/mol. The monoisotopic (exact) mass is 175 g/mol. The van der Waals surface area contributed by atoms with Gasteiger partial charge in [-0.2, -0.15) is 5.21 Å². The number of hydrogen-bond donors (Lipinski definition) is 2. The van der Waals surface area contributed by atoms with E-state index in [-0.39, 0.29) is 18.8 Å². The van der Waals surface area contributed by atoms with Crippen LogP contribution in [-0.4, -0.2) is 33.1 Å². The van der Waals surface area contributed by atoms with Crippen LogP contribution in [0.1, 0.15) is 12.2 Å². The fourth-order valence-corrected chi connectivity index (χ4v) is 1.25. The lowest BCUT2D eigenvalue weighted by Crippen LogP contribution is -2.28. The first kappa shape index (κ1) is 7.53. The van der Waals surface area contributed by atoms with Crippen LogP contribution in [0.3, 0.4) is 0 Å². The van der Waals surface area contributed by atoms with Gasteiger partial charge in [0, 0.05) is 13.0 Å². The van der Waals surface area contributed by atoms with Gasteiger partial charge in [0.15, 0.2) is 5.82 Å². The molecule has 12 heavy (non-hydrogen) atoms. The van der Waals surface area contributed by atoms with Crippen LogP contribution in [0.15, 0.2) is 0 Å². The van der Waals surface area contributed by atoms with Gasteiger partial charge in [-0.1, -0.05) is 5.21 Å². The van der Waals surface area contributed by atoms with Gasteiger partial charge < -0.3 is 5.73 Å². The molecule has 1 saturated carbocycles. The van der Waals surface area contributed by atoms with Crippen LogP contribution in [0.4, 0.5) is 8.78 Å². The van der Waals surface area contributed by atoms with E-state index in [0.717, 1.165) is 0 Å². The van der Waals surface area contributed by atoms with Crippen LogP contribution in [0.2, 0.25) is 0 Å². The fourth-order valence-electron chi connectivity index (χ4n) is 1.25. The van der Waals surface area contributed by atoms with Crippen molar-refractivity contribution in [1.29, 1.82) is 0 Å². The van der Waals surface area contributed by atoms with Crippen molar-refractivity contribution in [2.45, 2.75) is 17.8 Å². The van der Waals surface area contributed by atoms with Crippen LogP contribution in [0.5, 0.6) is 0 Å². The highest BCUT2D eigenvalue weighted by Crippen LogP contribution is 2.59. The SMILES string of the molecule is NCC1(c2nn[nH]n2)CC1(F)F. The lowest BCUT2D eigenvalue weighted by Gasteiger charge is -2.06. The molecule has 1 fully saturated rings. The van der Waals surface area contributed by atoms with Gasteiger partial charge >= 0.3 is 0 Å². The average molecular weight is 175 g/mol. The van der Waals surface area contributed by atoms with Crippen molar-refractivity contribution in [3.63, 3.8) is 0 Å². The first-order valence-corrected chi connectivity index (χ1v) is 3.44. The Hall–Kier alpha value is -1.11.